The summed E-state index contributed by atoms with van der Waals surface area (Å²) in [4.78, 5) is 21.2. The Bertz CT molecular complexity index is 436. The van der Waals surface area contributed by atoms with Gasteiger partial charge in [0.1, 0.15) is 6.54 Å². The van der Waals surface area contributed by atoms with Gasteiger partial charge in [-0.25, -0.2) is 0 Å². The van der Waals surface area contributed by atoms with Gasteiger partial charge >= 0.3 is 5.97 Å². The highest BCUT2D eigenvalue weighted by Gasteiger charge is 2.11. The number of benzene rings is 1. The molecule has 0 amide bonds. The standard InChI is InChI=1S/C10H11IN2O4/c1-2-17-10(14)6-12-7-3-4-9(13(15)16)8(11)5-7/h3-5,12H,2,6H2,1H3. The van der Waals surface area contributed by atoms with Crippen molar-refractivity contribution in [1.82, 2.24) is 0 Å². The molecule has 1 aromatic rings. The monoisotopic (exact) mass is 350 g/mol. The Morgan fingerprint density at radius 1 is 1.59 bits per heavy atom. The van der Waals surface area contributed by atoms with E-state index >= 15 is 0 Å². The van der Waals surface area contributed by atoms with E-state index < -0.39 is 4.92 Å². The van der Waals surface area contributed by atoms with Crippen LogP contribution >= 0.6 is 22.6 Å². The Balaban J connectivity index is 2.65. The predicted octanol–water partition coefficient (Wildman–Crippen LogP) is 2.17. The molecule has 0 radical (unpaired) electrons. The summed E-state index contributed by atoms with van der Waals surface area (Å²) in [7, 11) is 0. The maximum absolute atomic E-state index is 11.1. The van der Waals surface area contributed by atoms with Crippen molar-refractivity contribution in [1.29, 1.82) is 0 Å². The number of hydrogen-bond acceptors (Lipinski definition) is 5. The van der Waals surface area contributed by atoms with Gasteiger partial charge in [0.15, 0.2) is 0 Å². The molecule has 0 bridgehead atoms. The molecule has 0 saturated carbocycles. The molecule has 0 aliphatic rings. The van der Waals surface area contributed by atoms with E-state index in [-0.39, 0.29) is 18.2 Å². The number of esters is 1. The number of halogens is 1. The summed E-state index contributed by atoms with van der Waals surface area (Å²) in [5.41, 5.74) is 0.695. The van der Waals surface area contributed by atoms with Crippen molar-refractivity contribution in [2.24, 2.45) is 0 Å². The average molecular weight is 350 g/mol. The molecule has 0 atom stereocenters. The molecule has 0 aliphatic heterocycles. The molecular formula is C10H11IN2O4. The van der Waals surface area contributed by atoms with E-state index in [1.54, 1.807) is 19.1 Å². The molecule has 0 heterocycles. The number of rotatable bonds is 5. The van der Waals surface area contributed by atoms with E-state index in [9.17, 15) is 14.9 Å². The third-order valence-corrected chi connectivity index (χ3v) is 2.75. The van der Waals surface area contributed by atoms with Gasteiger partial charge in [0.2, 0.25) is 0 Å². The average Bonchev–Trinajstić information content (AvgIpc) is 2.26. The summed E-state index contributed by atoms with van der Waals surface area (Å²) in [6, 6.07) is 4.56. The van der Waals surface area contributed by atoms with Crippen LogP contribution in [0.3, 0.4) is 0 Å². The summed E-state index contributed by atoms with van der Waals surface area (Å²) >= 11 is 1.88. The first kappa shape index (κ1) is 13.7. The fraction of sp³-hybridized carbons (Fsp3) is 0.300. The van der Waals surface area contributed by atoms with Gasteiger partial charge in [0.25, 0.3) is 5.69 Å². The number of nitrogens with one attached hydrogen (secondary N) is 1. The molecule has 0 fully saturated rings. The molecule has 1 aromatic carbocycles. The third-order valence-electron chi connectivity index (χ3n) is 1.89. The van der Waals surface area contributed by atoms with Gasteiger partial charge in [0, 0.05) is 11.8 Å². The molecule has 1 rings (SSSR count). The summed E-state index contributed by atoms with van der Waals surface area (Å²) in [5.74, 6) is -0.360. The first-order chi connectivity index (χ1) is 8.04. The van der Waals surface area contributed by atoms with Crippen molar-refractivity contribution in [3.63, 3.8) is 0 Å². The van der Waals surface area contributed by atoms with Gasteiger partial charge in [-0.3, -0.25) is 14.9 Å². The number of nitro benzene ring substituents is 1. The van der Waals surface area contributed by atoms with Gasteiger partial charge in [-0.05, 0) is 41.6 Å². The smallest absolute Gasteiger partial charge is 0.325 e. The minimum Gasteiger partial charge on any atom is -0.465 e. The summed E-state index contributed by atoms with van der Waals surface area (Å²) in [5, 5.41) is 13.4. The molecule has 0 saturated heterocycles. The zero-order chi connectivity index (χ0) is 12.8. The van der Waals surface area contributed by atoms with E-state index in [1.165, 1.54) is 6.07 Å². The van der Waals surface area contributed by atoms with Gasteiger partial charge in [0.05, 0.1) is 15.1 Å². The number of ether oxygens (including phenoxy) is 1. The van der Waals surface area contributed by atoms with E-state index in [4.69, 9.17) is 4.74 Å². The van der Waals surface area contributed by atoms with Crippen molar-refractivity contribution >= 4 is 39.9 Å². The number of nitrogens with zero attached hydrogens (tertiary/aromatic N) is 1. The van der Waals surface area contributed by atoms with Crippen molar-refractivity contribution in [3.8, 4) is 0 Å². The Kier molecular flexibility index (Phi) is 5.13. The first-order valence-corrected chi connectivity index (χ1v) is 5.96. The highest BCUT2D eigenvalue weighted by atomic mass is 127. The van der Waals surface area contributed by atoms with Crippen LogP contribution in [0.1, 0.15) is 6.92 Å². The first-order valence-electron chi connectivity index (χ1n) is 4.88. The maximum Gasteiger partial charge on any atom is 0.325 e. The summed E-state index contributed by atoms with van der Waals surface area (Å²) in [6.07, 6.45) is 0. The molecular weight excluding hydrogens is 339 g/mol. The van der Waals surface area contributed by atoms with Crippen LogP contribution in [0.15, 0.2) is 18.2 Å². The number of nitro groups is 1. The van der Waals surface area contributed by atoms with Crippen molar-refractivity contribution in [2.45, 2.75) is 6.92 Å². The number of anilines is 1. The van der Waals surface area contributed by atoms with E-state index in [1.807, 2.05) is 22.6 Å². The second-order valence-electron chi connectivity index (χ2n) is 3.08. The van der Waals surface area contributed by atoms with Crippen molar-refractivity contribution in [3.05, 3.63) is 31.9 Å². The van der Waals surface area contributed by atoms with E-state index in [2.05, 4.69) is 5.32 Å². The number of carbonyl (C=O) groups excluding carboxylic acids is 1. The van der Waals surface area contributed by atoms with Gasteiger partial charge in [-0.2, -0.15) is 0 Å². The maximum atomic E-state index is 11.1. The second kappa shape index (κ2) is 6.38. The SMILES string of the molecule is CCOC(=O)CNc1ccc([N+](=O)[O-])c(I)c1. The van der Waals surface area contributed by atoms with Crippen LogP contribution in [0.25, 0.3) is 0 Å². The minimum absolute atomic E-state index is 0.0434. The normalized spacial score (nSPS) is 9.76. The molecule has 7 heteroatoms. The second-order valence-corrected chi connectivity index (χ2v) is 4.24. The Labute approximate surface area is 112 Å². The topological polar surface area (TPSA) is 81.5 Å². The Hall–Kier alpha value is -1.38. The zero-order valence-corrected chi connectivity index (χ0v) is 11.3. The fourth-order valence-electron chi connectivity index (χ4n) is 1.15. The third kappa shape index (κ3) is 4.17. The molecule has 6 nitrogen and oxygen atoms in total. The predicted molar refractivity (Wildman–Crippen MR) is 70.9 cm³/mol. The summed E-state index contributed by atoms with van der Waals surface area (Å²) < 4.78 is 5.26. The highest BCUT2D eigenvalue weighted by molar-refractivity contribution is 14.1. The zero-order valence-electron chi connectivity index (χ0n) is 9.10. The minimum atomic E-state index is -0.448. The van der Waals surface area contributed by atoms with E-state index in [0.717, 1.165) is 0 Å². The highest BCUT2D eigenvalue weighted by Crippen LogP contribution is 2.23. The molecule has 0 aromatic heterocycles. The Morgan fingerprint density at radius 3 is 2.82 bits per heavy atom. The van der Waals surface area contributed by atoms with Crippen LogP contribution < -0.4 is 5.32 Å². The molecule has 1 N–H and O–H groups in total. The van der Waals surface area contributed by atoms with Crippen LogP contribution in [0.4, 0.5) is 11.4 Å². The number of carbonyl (C=O) groups is 1. The van der Waals surface area contributed by atoms with Gasteiger partial charge in [-0.1, -0.05) is 0 Å². The Morgan fingerprint density at radius 2 is 2.29 bits per heavy atom. The molecule has 92 valence electrons. The fourth-order valence-corrected chi connectivity index (χ4v) is 1.86. The number of hydrogen-bond donors (Lipinski definition) is 1. The quantitative estimate of drug-likeness (QED) is 0.381. The lowest BCUT2D eigenvalue weighted by Crippen LogP contribution is -2.16. The molecule has 0 unspecified atom stereocenters. The largest absolute Gasteiger partial charge is 0.465 e. The molecule has 17 heavy (non-hydrogen) atoms. The van der Waals surface area contributed by atoms with E-state index in [0.29, 0.717) is 15.9 Å². The van der Waals surface area contributed by atoms with Crippen molar-refractivity contribution in [2.75, 3.05) is 18.5 Å². The molecule has 0 spiro atoms. The summed E-state index contributed by atoms with van der Waals surface area (Å²) in [6.45, 7) is 2.10. The van der Waals surface area contributed by atoms with Gasteiger partial charge < -0.3 is 10.1 Å². The van der Waals surface area contributed by atoms with Crippen LogP contribution in [-0.4, -0.2) is 24.0 Å². The van der Waals surface area contributed by atoms with Crippen LogP contribution in [0, 0.1) is 13.7 Å². The van der Waals surface area contributed by atoms with Crippen molar-refractivity contribution < 1.29 is 14.5 Å². The van der Waals surface area contributed by atoms with Gasteiger partial charge in [-0.15, -0.1) is 0 Å². The lowest BCUT2D eigenvalue weighted by atomic mass is 10.3. The van der Waals surface area contributed by atoms with Crippen LogP contribution in [0.5, 0.6) is 0 Å². The van der Waals surface area contributed by atoms with Crippen LogP contribution in [-0.2, 0) is 9.53 Å². The lowest BCUT2D eigenvalue weighted by molar-refractivity contribution is -0.385. The van der Waals surface area contributed by atoms with Crippen LogP contribution in [0.2, 0.25) is 0 Å². The lowest BCUT2D eigenvalue weighted by Gasteiger charge is -2.06. The molecule has 0 aliphatic carbocycles.